The number of aliphatic hydroxyl groups excluding tert-OH is 2. The summed E-state index contributed by atoms with van der Waals surface area (Å²) in [5.74, 6) is -0.411. The molecule has 2 aromatic heterocycles. The lowest BCUT2D eigenvalue weighted by molar-refractivity contribution is -0.146. The van der Waals surface area contributed by atoms with Crippen LogP contribution >= 0.6 is 7.75 Å². The van der Waals surface area contributed by atoms with Crippen LogP contribution in [0.4, 0.5) is 5.82 Å². The van der Waals surface area contributed by atoms with Crippen molar-refractivity contribution in [3.05, 3.63) is 24.2 Å². The number of nitrogen functional groups attached to an aromatic ring is 1. The Bertz CT molecular complexity index is 1470. The van der Waals surface area contributed by atoms with Gasteiger partial charge in [-0.25, -0.2) is 19.2 Å². The molecule has 2 aromatic rings. The summed E-state index contributed by atoms with van der Waals surface area (Å²) in [6.45, 7) is 8.11. The number of anilines is 1. The van der Waals surface area contributed by atoms with Gasteiger partial charge in [-0.3, -0.25) is 13.8 Å². The lowest BCUT2D eigenvalue weighted by atomic mass is 9.92. The van der Waals surface area contributed by atoms with E-state index in [4.69, 9.17) is 29.0 Å². The molecule has 3 rings (SSSR count). The second-order valence-corrected chi connectivity index (χ2v) is 16.4. The first-order valence-corrected chi connectivity index (χ1v) is 21.5. The number of aliphatic hydroxyl groups is 2. The van der Waals surface area contributed by atoms with Crippen LogP contribution in [0.3, 0.4) is 0 Å². The molecule has 1 saturated heterocycles. The van der Waals surface area contributed by atoms with Crippen LogP contribution in [0.2, 0.25) is 0 Å². The van der Waals surface area contributed by atoms with Crippen molar-refractivity contribution >= 4 is 25.1 Å². The van der Waals surface area contributed by atoms with E-state index >= 15 is 0 Å². The Morgan fingerprint density at radius 2 is 1.59 bits per heavy atom. The van der Waals surface area contributed by atoms with Crippen molar-refractivity contribution in [3.8, 4) is 6.07 Å². The van der Waals surface area contributed by atoms with Gasteiger partial charge < -0.3 is 30.2 Å². The molecule has 1 aliphatic rings. The molecule has 54 heavy (non-hydrogen) atoms. The van der Waals surface area contributed by atoms with Crippen molar-refractivity contribution in [1.82, 2.24) is 19.7 Å². The zero-order valence-corrected chi connectivity index (χ0v) is 33.7. The van der Waals surface area contributed by atoms with Gasteiger partial charge in [0.1, 0.15) is 42.3 Å². The number of hydrogen-bond acceptors (Lipinski definition) is 13. The van der Waals surface area contributed by atoms with Crippen LogP contribution in [0, 0.1) is 17.2 Å². The number of fused-ring (bicyclic) bond motifs is 1. The second-order valence-electron chi connectivity index (χ2n) is 14.7. The normalized spacial score (nSPS) is 21.7. The van der Waals surface area contributed by atoms with Gasteiger partial charge in [-0.1, -0.05) is 104 Å². The van der Waals surface area contributed by atoms with Gasteiger partial charge in [0.05, 0.1) is 25.5 Å². The van der Waals surface area contributed by atoms with Crippen LogP contribution in [0.15, 0.2) is 18.5 Å². The lowest BCUT2D eigenvalue weighted by Crippen LogP contribution is -2.41. The first-order valence-electron chi connectivity index (χ1n) is 19.9. The number of rotatable bonds is 29. The highest BCUT2D eigenvalue weighted by Crippen LogP contribution is 2.47. The van der Waals surface area contributed by atoms with Crippen LogP contribution in [0.5, 0.6) is 0 Å². The quantitative estimate of drug-likeness (QED) is 0.0402. The summed E-state index contributed by atoms with van der Waals surface area (Å²) in [5, 5.41) is 39.0. The Hall–Kier alpha value is -2.67. The van der Waals surface area contributed by atoms with Gasteiger partial charge in [-0.2, -0.15) is 10.4 Å². The summed E-state index contributed by atoms with van der Waals surface area (Å²) < 4.78 is 43.6. The number of carbonyl (C=O) groups excluding carboxylic acids is 1. The van der Waals surface area contributed by atoms with Gasteiger partial charge in [-0.05, 0) is 37.8 Å². The van der Waals surface area contributed by atoms with Crippen molar-refractivity contribution in [2.45, 2.75) is 154 Å². The predicted molar refractivity (Wildman–Crippen MR) is 205 cm³/mol. The number of nitrogens with two attached hydrogens (primary N) is 1. The molecule has 15 nitrogen and oxygen atoms in total. The van der Waals surface area contributed by atoms with Crippen molar-refractivity contribution < 1.29 is 42.8 Å². The Labute approximate surface area is 321 Å². The minimum atomic E-state index is -4.23. The Kier molecular flexibility index (Phi) is 20.4. The topological polar surface area (TPSA) is 213 Å². The van der Waals surface area contributed by atoms with Crippen molar-refractivity contribution in [3.63, 3.8) is 0 Å². The number of ether oxygens (including phenoxy) is 3. The number of nitrogens with one attached hydrogen (secondary N) is 1. The summed E-state index contributed by atoms with van der Waals surface area (Å²) in [5.41, 5.74) is 4.34. The van der Waals surface area contributed by atoms with Crippen LogP contribution in [-0.2, 0) is 38.2 Å². The molecule has 0 aliphatic carbocycles. The van der Waals surface area contributed by atoms with Gasteiger partial charge in [-0.15, -0.1) is 0 Å². The Morgan fingerprint density at radius 3 is 2.20 bits per heavy atom. The molecule has 0 aromatic carbocycles. The highest BCUT2D eigenvalue weighted by Gasteiger charge is 2.58. The first-order chi connectivity index (χ1) is 26.0. The third-order valence-electron chi connectivity index (χ3n) is 9.50. The fourth-order valence-corrected chi connectivity index (χ4v) is 7.86. The summed E-state index contributed by atoms with van der Waals surface area (Å²) >= 11 is 0. The van der Waals surface area contributed by atoms with Crippen molar-refractivity contribution in [2.24, 2.45) is 5.92 Å². The van der Waals surface area contributed by atoms with E-state index in [1.165, 1.54) is 101 Å². The smallest absolute Gasteiger partial charge is 0.406 e. The zero-order chi connectivity index (χ0) is 39.4. The van der Waals surface area contributed by atoms with E-state index in [2.05, 4.69) is 22.1 Å². The molecule has 6 atom stereocenters. The number of esters is 1. The maximum Gasteiger partial charge on any atom is 0.406 e. The van der Waals surface area contributed by atoms with Gasteiger partial charge in [0, 0.05) is 13.2 Å². The monoisotopic (exact) mass is 780 g/mol. The number of carbonyl (C=O) groups is 1. The maximum absolute atomic E-state index is 14.0. The van der Waals surface area contributed by atoms with Crippen LogP contribution in [0.1, 0.15) is 130 Å². The minimum Gasteiger partial charge on any atom is -0.464 e. The molecule has 1 aliphatic heterocycles. The highest BCUT2D eigenvalue weighted by atomic mass is 31.2. The van der Waals surface area contributed by atoms with E-state index in [0.29, 0.717) is 25.2 Å². The van der Waals surface area contributed by atoms with Gasteiger partial charge in [0.2, 0.25) is 5.60 Å². The summed E-state index contributed by atoms with van der Waals surface area (Å²) in [7, 11) is -4.23. The van der Waals surface area contributed by atoms with Crippen molar-refractivity contribution in [1.29, 1.82) is 5.26 Å². The molecule has 16 heteroatoms. The van der Waals surface area contributed by atoms with E-state index in [-0.39, 0.29) is 30.6 Å². The standard InChI is InChI=1S/C38H65N6O9P/c1-5-6-7-8-9-10-11-12-13-14-15-16-17-18-22-49-23-19-24-51-54(48,43-30(4)37(47)50-25-29(2)3)52-26-32-34(45)35(46)38(27-39,53-32)33-21-20-31-36(40)41-28-42-44(31)33/h20-21,28-30,32,34-35,45-46H,5-19,22-26H2,1-4H3,(H,43,48)(H2,40,41,42)/t30-,32+,34+,35+,38-,54+/m0/s1. The Balaban J connectivity index is 1.44. The molecule has 0 saturated carbocycles. The zero-order valence-electron chi connectivity index (χ0n) is 32.8. The lowest BCUT2D eigenvalue weighted by Gasteiger charge is -2.25. The highest BCUT2D eigenvalue weighted by molar-refractivity contribution is 7.51. The number of nitrogens with zero attached hydrogens (tertiary/aromatic N) is 4. The third kappa shape index (κ3) is 14.1. The molecule has 0 unspecified atom stereocenters. The molecule has 0 bridgehead atoms. The number of aromatic nitrogens is 3. The third-order valence-corrected chi connectivity index (χ3v) is 11.2. The van der Waals surface area contributed by atoms with Crippen molar-refractivity contribution in [2.75, 3.05) is 38.8 Å². The average Bonchev–Trinajstić information content (AvgIpc) is 3.70. The molecular weight excluding hydrogens is 715 g/mol. The van der Waals surface area contributed by atoms with Crippen LogP contribution in [0.25, 0.3) is 5.52 Å². The summed E-state index contributed by atoms with van der Waals surface area (Å²) in [6, 6.07) is 3.94. The Morgan fingerprint density at radius 1 is 0.981 bits per heavy atom. The second kappa shape index (κ2) is 24.1. The fraction of sp³-hybridized carbons (Fsp3) is 0.789. The molecule has 3 heterocycles. The average molecular weight is 781 g/mol. The van der Waals surface area contributed by atoms with Gasteiger partial charge in [0.15, 0.2) is 5.82 Å². The van der Waals surface area contributed by atoms with Gasteiger partial charge in [0.25, 0.3) is 0 Å². The molecule has 0 spiro atoms. The molecule has 1 fully saturated rings. The summed E-state index contributed by atoms with van der Waals surface area (Å²) in [6.07, 6.45) is 14.9. The van der Waals surface area contributed by atoms with E-state index in [9.17, 15) is 24.8 Å². The predicted octanol–water partition coefficient (Wildman–Crippen LogP) is 6.36. The maximum atomic E-state index is 14.0. The number of hydrogen-bond donors (Lipinski definition) is 4. The molecular formula is C38H65N6O9P. The number of nitriles is 1. The van der Waals surface area contributed by atoms with Crippen LogP contribution in [-0.4, -0.2) is 88.2 Å². The van der Waals surface area contributed by atoms with E-state index < -0.39 is 50.3 Å². The molecule has 306 valence electrons. The van der Waals surface area contributed by atoms with E-state index in [1.54, 1.807) is 6.07 Å². The van der Waals surface area contributed by atoms with Gasteiger partial charge >= 0.3 is 13.7 Å². The molecule has 0 amide bonds. The number of unbranched alkanes of at least 4 members (excludes halogenated alkanes) is 13. The first kappa shape index (κ1) is 45.7. The summed E-state index contributed by atoms with van der Waals surface area (Å²) in [4.78, 5) is 16.6. The van der Waals surface area contributed by atoms with E-state index in [0.717, 1.165) is 12.8 Å². The largest absolute Gasteiger partial charge is 0.464 e. The fourth-order valence-electron chi connectivity index (χ4n) is 6.34. The molecule has 5 N–H and O–H groups in total. The minimum absolute atomic E-state index is 0.0209. The SMILES string of the molecule is CCCCCCCCCCCCCCCCOCCCO[P@](=O)(N[C@@H](C)C(=O)OCC(C)C)OC[C@H]1O[C@@](C#N)(c2ccc3c(N)ncnn23)[C@H](O)[C@@H]1O. The van der Waals surface area contributed by atoms with E-state index in [1.807, 2.05) is 19.9 Å². The van der Waals surface area contributed by atoms with Crippen LogP contribution < -0.4 is 10.8 Å². The molecule has 0 radical (unpaired) electrons.